The number of anilines is 1. The van der Waals surface area contributed by atoms with Gasteiger partial charge in [-0.2, -0.15) is 0 Å². The van der Waals surface area contributed by atoms with Crippen LogP contribution < -0.4 is 15.8 Å². The van der Waals surface area contributed by atoms with Gasteiger partial charge < -0.3 is 20.9 Å². The molecule has 0 radical (unpaired) electrons. The Morgan fingerprint density at radius 3 is 2.62 bits per heavy atom. The third-order valence-electron chi connectivity index (χ3n) is 6.30. The molecule has 0 aromatic heterocycles. The van der Waals surface area contributed by atoms with Gasteiger partial charge in [0.15, 0.2) is 0 Å². The minimum Gasteiger partial charge on any atom is -0.493 e. The maximum atomic E-state index is 11.8. The van der Waals surface area contributed by atoms with E-state index in [1.165, 1.54) is 0 Å². The van der Waals surface area contributed by atoms with E-state index in [2.05, 4.69) is 17.4 Å². The van der Waals surface area contributed by atoms with E-state index in [1.54, 1.807) is 0 Å². The Labute approximate surface area is 187 Å². The summed E-state index contributed by atoms with van der Waals surface area (Å²) in [7, 11) is 0. The van der Waals surface area contributed by atoms with Crippen LogP contribution in [0.25, 0.3) is 10.8 Å². The Hall–Kier alpha value is -3.54. The predicted octanol–water partition coefficient (Wildman–Crippen LogP) is 5.31. The number of fused-ring (bicyclic) bond motifs is 1. The van der Waals surface area contributed by atoms with Gasteiger partial charge in [-0.15, -0.1) is 0 Å². The Kier molecular flexibility index (Phi) is 6.59. The monoisotopic (exact) mass is 432 g/mol. The van der Waals surface area contributed by atoms with E-state index < -0.39 is 12.0 Å². The highest BCUT2D eigenvalue weighted by molar-refractivity contribution is 6.02. The number of benzene rings is 3. The standard InChI is InChI=1S/C26H28N2O4/c27-26(31)28-25-21-9-3-1-6-17(21)12-14-22(25)20-10-5-8-19(20)16-32-23-11-4-2-7-18(23)13-15-24(29)30/h1-4,6-7,9,11-12,14,19-20H,5,8,10,13,15-16H2,(H,29,30)(H3,27,28,31). The molecule has 3 aromatic rings. The Balaban J connectivity index is 1.57. The molecule has 6 nitrogen and oxygen atoms in total. The first kappa shape index (κ1) is 21.7. The number of ether oxygens (including phenoxy) is 1. The number of carbonyl (C=O) groups is 2. The van der Waals surface area contributed by atoms with Gasteiger partial charge in [-0.25, -0.2) is 4.79 Å². The number of primary amides is 1. The molecule has 4 rings (SSSR count). The van der Waals surface area contributed by atoms with Crippen LogP contribution in [0.3, 0.4) is 0 Å². The molecule has 4 N–H and O–H groups in total. The molecule has 6 heteroatoms. The molecule has 0 aliphatic heterocycles. The van der Waals surface area contributed by atoms with Crippen molar-refractivity contribution >= 4 is 28.5 Å². The quantitative estimate of drug-likeness (QED) is 0.449. The van der Waals surface area contributed by atoms with E-state index in [-0.39, 0.29) is 18.3 Å². The van der Waals surface area contributed by atoms with E-state index in [9.17, 15) is 9.59 Å². The average Bonchev–Trinajstić information content (AvgIpc) is 3.25. The van der Waals surface area contributed by atoms with Crippen molar-refractivity contribution in [3.63, 3.8) is 0 Å². The molecule has 0 spiro atoms. The molecule has 1 aliphatic rings. The van der Waals surface area contributed by atoms with Gasteiger partial charge in [0.25, 0.3) is 0 Å². The molecule has 1 aliphatic carbocycles. The number of aliphatic carboxylic acids is 1. The highest BCUT2D eigenvalue weighted by Crippen LogP contribution is 2.44. The number of amides is 2. The number of carbonyl (C=O) groups excluding carboxylic acids is 1. The molecule has 0 bridgehead atoms. The predicted molar refractivity (Wildman–Crippen MR) is 125 cm³/mol. The van der Waals surface area contributed by atoms with Crippen molar-refractivity contribution in [2.24, 2.45) is 11.7 Å². The van der Waals surface area contributed by atoms with Crippen LogP contribution in [0.5, 0.6) is 5.75 Å². The maximum absolute atomic E-state index is 11.8. The van der Waals surface area contributed by atoms with Crippen LogP contribution in [0.15, 0.2) is 60.7 Å². The number of carboxylic acid groups (broad SMARTS) is 1. The van der Waals surface area contributed by atoms with Crippen LogP contribution in [-0.2, 0) is 11.2 Å². The second kappa shape index (κ2) is 9.73. The van der Waals surface area contributed by atoms with E-state index in [0.29, 0.717) is 13.0 Å². The van der Waals surface area contributed by atoms with E-state index in [4.69, 9.17) is 15.6 Å². The lowest BCUT2D eigenvalue weighted by atomic mass is 9.86. The molecule has 1 fully saturated rings. The van der Waals surface area contributed by atoms with Crippen LogP contribution >= 0.6 is 0 Å². The fraction of sp³-hybridized carbons (Fsp3) is 0.308. The van der Waals surface area contributed by atoms with E-state index in [1.807, 2.05) is 48.5 Å². The summed E-state index contributed by atoms with van der Waals surface area (Å²) >= 11 is 0. The smallest absolute Gasteiger partial charge is 0.316 e. The van der Waals surface area contributed by atoms with Gasteiger partial charge in [0, 0.05) is 11.8 Å². The van der Waals surface area contributed by atoms with Crippen molar-refractivity contribution in [2.75, 3.05) is 11.9 Å². The molecular formula is C26H28N2O4. The SMILES string of the molecule is NC(=O)Nc1c(C2CCCC2COc2ccccc2CCC(=O)O)ccc2ccccc12. The minimum absolute atomic E-state index is 0.0751. The van der Waals surface area contributed by atoms with Gasteiger partial charge in [-0.05, 0) is 53.7 Å². The van der Waals surface area contributed by atoms with Crippen molar-refractivity contribution < 1.29 is 19.4 Å². The number of para-hydroxylation sites is 1. The third-order valence-corrected chi connectivity index (χ3v) is 6.30. The number of nitrogens with two attached hydrogens (primary N) is 1. The van der Waals surface area contributed by atoms with Crippen LogP contribution in [-0.4, -0.2) is 23.7 Å². The molecule has 0 heterocycles. The lowest BCUT2D eigenvalue weighted by Gasteiger charge is -2.24. The first-order valence-corrected chi connectivity index (χ1v) is 11.0. The topological polar surface area (TPSA) is 102 Å². The highest BCUT2D eigenvalue weighted by atomic mass is 16.5. The van der Waals surface area contributed by atoms with E-state index in [0.717, 1.165) is 52.6 Å². The number of hydrogen-bond acceptors (Lipinski definition) is 3. The van der Waals surface area contributed by atoms with Gasteiger partial charge in [0.2, 0.25) is 0 Å². The van der Waals surface area contributed by atoms with Gasteiger partial charge in [0.1, 0.15) is 5.75 Å². The summed E-state index contributed by atoms with van der Waals surface area (Å²) in [4.78, 5) is 22.7. The number of nitrogens with one attached hydrogen (secondary N) is 1. The Morgan fingerprint density at radius 2 is 1.81 bits per heavy atom. The summed E-state index contributed by atoms with van der Waals surface area (Å²) in [5.74, 6) is 0.458. The lowest BCUT2D eigenvalue weighted by Crippen LogP contribution is -2.22. The van der Waals surface area contributed by atoms with Crippen LogP contribution in [0, 0.1) is 5.92 Å². The summed E-state index contributed by atoms with van der Waals surface area (Å²) in [6, 6.07) is 19.2. The van der Waals surface area contributed by atoms with E-state index >= 15 is 0 Å². The molecule has 1 saturated carbocycles. The van der Waals surface area contributed by atoms with Gasteiger partial charge in [-0.1, -0.05) is 61.0 Å². The summed E-state index contributed by atoms with van der Waals surface area (Å²) in [5.41, 5.74) is 8.29. The minimum atomic E-state index is -0.818. The van der Waals surface area contributed by atoms with Crippen molar-refractivity contribution in [1.82, 2.24) is 0 Å². The average molecular weight is 433 g/mol. The second-order valence-corrected chi connectivity index (χ2v) is 8.35. The maximum Gasteiger partial charge on any atom is 0.316 e. The van der Waals surface area contributed by atoms with Gasteiger partial charge in [0.05, 0.1) is 12.3 Å². The number of urea groups is 1. The molecule has 166 valence electrons. The van der Waals surface area contributed by atoms with Crippen molar-refractivity contribution in [3.05, 3.63) is 71.8 Å². The number of carboxylic acids is 1. The fourth-order valence-corrected chi connectivity index (χ4v) is 4.80. The zero-order valence-electron chi connectivity index (χ0n) is 17.9. The summed E-state index contributed by atoms with van der Waals surface area (Å²) in [6.07, 6.45) is 3.65. The molecule has 2 atom stereocenters. The molecule has 32 heavy (non-hydrogen) atoms. The molecule has 0 saturated heterocycles. The van der Waals surface area contributed by atoms with Gasteiger partial charge >= 0.3 is 12.0 Å². The van der Waals surface area contributed by atoms with Crippen LogP contribution in [0.4, 0.5) is 10.5 Å². The van der Waals surface area contributed by atoms with Crippen LogP contribution in [0.2, 0.25) is 0 Å². The molecule has 3 aromatic carbocycles. The largest absolute Gasteiger partial charge is 0.493 e. The normalized spacial score (nSPS) is 17.9. The summed E-state index contributed by atoms with van der Waals surface area (Å²) in [5, 5.41) is 13.9. The molecule has 2 unspecified atom stereocenters. The van der Waals surface area contributed by atoms with Gasteiger partial charge in [-0.3, -0.25) is 4.79 Å². The molecular weight excluding hydrogens is 404 g/mol. The lowest BCUT2D eigenvalue weighted by molar-refractivity contribution is -0.136. The number of aryl methyl sites for hydroxylation is 1. The molecule has 2 amide bonds. The summed E-state index contributed by atoms with van der Waals surface area (Å²) in [6.45, 7) is 0.539. The van der Waals surface area contributed by atoms with Crippen molar-refractivity contribution in [3.8, 4) is 5.75 Å². The first-order valence-electron chi connectivity index (χ1n) is 11.0. The fourth-order valence-electron chi connectivity index (χ4n) is 4.80. The first-order chi connectivity index (χ1) is 15.5. The Morgan fingerprint density at radius 1 is 1.03 bits per heavy atom. The van der Waals surface area contributed by atoms with Crippen LogP contribution in [0.1, 0.15) is 42.7 Å². The number of hydrogen-bond donors (Lipinski definition) is 3. The van der Waals surface area contributed by atoms with Crippen molar-refractivity contribution in [2.45, 2.75) is 38.0 Å². The highest BCUT2D eigenvalue weighted by Gasteiger charge is 2.31. The second-order valence-electron chi connectivity index (χ2n) is 8.35. The Bertz CT molecular complexity index is 1130. The zero-order chi connectivity index (χ0) is 22.5. The number of rotatable bonds is 8. The summed E-state index contributed by atoms with van der Waals surface area (Å²) < 4.78 is 6.21. The third kappa shape index (κ3) is 4.85. The van der Waals surface area contributed by atoms with Crippen molar-refractivity contribution in [1.29, 1.82) is 0 Å². The zero-order valence-corrected chi connectivity index (χ0v) is 17.9.